The molecule has 1 aromatic rings. The lowest BCUT2D eigenvalue weighted by Crippen LogP contribution is -1.97. The van der Waals surface area contributed by atoms with Gasteiger partial charge in [0.15, 0.2) is 0 Å². The third-order valence-corrected chi connectivity index (χ3v) is 2.63. The summed E-state index contributed by atoms with van der Waals surface area (Å²) in [6.45, 7) is 3.93. The fraction of sp³-hybridized carbons (Fsp3) is 0.625. The van der Waals surface area contributed by atoms with Crippen molar-refractivity contribution in [2.75, 3.05) is 0 Å². The zero-order valence-corrected chi connectivity index (χ0v) is 8.61. The Bertz CT molecular complexity index is 284. The minimum Gasteiger partial charge on any atom is -0.262 e. The van der Waals surface area contributed by atoms with Gasteiger partial charge in [0.2, 0.25) is 0 Å². The van der Waals surface area contributed by atoms with Gasteiger partial charge in [-0.15, -0.1) is 0 Å². The number of hydrogen-bond acceptors (Lipinski definition) is 2. The Labute approximate surface area is 80.3 Å². The number of nitrogens with zero attached hydrogens (tertiary/aromatic N) is 2. The smallest absolute Gasteiger partial charge is 0.262 e. The lowest BCUT2D eigenvalue weighted by Gasteiger charge is -2.06. The highest BCUT2D eigenvalue weighted by atomic mass is 32.2. The molecule has 1 heterocycles. The summed E-state index contributed by atoms with van der Waals surface area (Å²) >= 11 is 0.554. The van der Waals surface area contributed by atoms with Crippen molar-refractivity contribution in [3.8, 4) is 0 Å². The number of alkyl halides is 2. The third-order valence-electron chi connectivity index (χ3n) is 1.73. The lowest BCUT2D eigenvalue weighted by atomic mass is 10.1. The van der Waals surface area contributed by atoms with E-state index in [2.05, 4.69) is 5.10 Å². The van der Waals surface area contributed by atoms with Crippen LogP contribution in [0.4, 0.5) is 8.78 Å². The van der Waals surface area contributed by atoms with Crippen molar-refractivity contribution < 1.29 is 8.78 Å². The number of aromatic nitrogens is 2. The van der Waals surface area contributed by atoms with E-state index in [-0.39, 0.29) is 5.92 Å². The molecule has 0 radical (unpaired) electrons. The Kier molecular flexibility index (Phi) is 3.30. The molecule has 0 fully saturated rings. The predicted octanol–water partition coefficient (Wildman–Crippen LogP) is 2.86. The van der Waals surface area contributed by atoms with Crippen LogP contribution in [0.25, 0.3) is 0 Å². The fourth-order valence-electron chi connectivity index (χ4n) is 1.07. The number of halogens is 2. The van der Waals surface area contributed by atoms with Gasteiger partial charge in [0.05, 0.1) is 6.20 Å². The quantitative estimate of drug-likeness (QED) is 0.708. The minimum absolute atomic E-state index is 0.231. The molecule has 0 aliphatic rings. The van der Waals surface area contributed by atoms with Crippen molar-refractivity contribution in [1.82, 2.24) is 9.78 Å². The monoisotopic (exact) mass is 206 g/mol. The van der Waals surface area contributed by atoms with E-state index in [0.29, 0.717) is 16.8 Å². The third kappa shape index (κ3) is 2.43. The van der Waals surface area contributed by atoms with Crippen LogP contribution in [0.3, 0.4) is 0 Å². The fourth-order valence-corrected chi connectivity index (χ4v) is 1.86. The Hall–Kier alpha value is -0.580. The predicted molar refractivity (Wildman–Crippen MR) is 49.2 cm³/mol. The van der Waals surface area contributed by atoms with E-state index < -0.39 is 5.76 Å². The Balaban J connectivity index is 2.94. The Morgan fingerprint density at radius 1 is 1.46 bits per heavy atom. The number of aryl methyl sites for hydroxylation is 1. The van der Waals surface area contributed by atoms with Gasteiger partial charge in [0, 0.05) is 12.6 Å². The second kappa shape index (κ2) is 4.09. The van der Waals surface area contributed by atoms with Crippen LogP contribution in [-0.4, -0.2) is 15.5 Å². The van der Waals surface area contributed by atoms with E-state index >= 15 is 0 Å². The van der Waals surface area contributed by atoms with Crippen molar-refractivity contribution in [3.63, 3.8) is 0 Å². The average Bonchev–Trinajstić information content (AvgIpc) is 2.32. The minimum atomic E-state index is -2.38. The average molecular weight is 206 g/mol. The number of thioether (sulfide) groups is 1. The maximum absolute atomic E-state index is 12.1. The maximum Gasteiger partial charge on any atom is 0.290 e. The molecule has 0 amide bonds. The van der Waals surface area contributed by atoms with Crippen LogP contribution in [0, 0.1) is 0 Å². The Morgan fingerprint density at radius 3 is 2.54 bits per heavy atom. The highest BCUT2D eigenvalue weighted by Crippen LogP contribution is 2.31. The van der Waals surface area contributed by atoms with Gasteiger partial charge in [-0.25, -0.2) is 0 Å². The largest absolute Gasteiger partial charge is 0.290 e. The maximum atomic E-state index is 12.1. The normalized spacial score (nSPS) is 11.6. The van der Waals surface area contributed by atoms with Crippen LogP contribution >= 0.6 is 11.8 Å². The second-order valence-electron chi connectivity index (χ2n) is 3.06. The Morgan fingerprint density at radius 2 is 2.08 bits per heavy atom. The zero-order chi connectivity index (χ0) is 10.0. The first-order valence-corrected chi connectivity index (χ1v) is 4.87. The zero-order valence-electron chi connectivity index (χ0n) is 7.79. The summed E-state index contributed by atoms with van der Waals surface area (Å²) in [5.41, 5.74) is 0.882. The van der Waals surface area contributed by atoms with E-state index in [4.69, 9.17) is 0 Å². The van der Waals surface area contributed by atoms with Gasteiger partial charge < -0.3 is 0 Å². The van der Waals surface area contributed by atoms with Crippen LogP contribution in [-0.2, 0) is 7.05 Å². The van der Waals surface area contributed by atoms with Gasteiger partial charge in [0.25, 0.3) is 5.76 Å². The van der Waals surface area contributed by atoms with E-state index in [0.717, 1.165) is 5.56 Å². The van der Waals surface area contributed by atoms with Gasteiger partial charge >= 0.3 is 0 Å². The van der Waals surface area contributed by atoms with Crippen molar-refractivity contribution in [2.45, 2.75) is 30.5 Å². The summed E-state index contributed by atoms with van der Waals surface area (Å²) in [4.78, 5) is 0. The first kappa shape index (κ1) is 10.5. The SMILES string of the molecule is CC(C)c1cnn(C)c1SC(F)F. The summed E-state index contributed by atoms with van der Waals surface area (Å²) in [5, 5.41) is 4.51. The van der Waals surface area contributed by atoms with Crippen molar-refractivity contribution in [2.24, 2.45) is 7.05 Å². The molecule has 0 saturated carbocycles. The molecule has 1 rings (SSSR count). The second-order valence-corrected chi connectivity index (χ2v) is 4.04. The topological polar surface area (TPSA) is 17.8 Å². The number of rotatable bonds is 3. The van der Waals surface area contributed by atoms with E-state index in [9.17, 15) is 8.78 Å². The van der Waals surface area contributed by atoms with Gasteiger partial charge in [-0.2, -0.15) is 13.9 Å². The van der Waals surface area contributed by atoms with Gasteiger partial charge in [-0.3, -0.25) is 4.68 Å². The molecule has 0 atom stereocenters. The van der Waals surface area contributed by atoms with Crippen molar-refractivity contribution >= 4 is 11.8 Å². The summed E-state index contributed by atoms with van der Waals surface area (Å²) < 4.78 is 25.8. The molecule has 0 spiro atoms. The molecule has 2 nitrogen and oxygen atoms in total. The highest BCUT2D eigenvalue weighted by molar-refractivity contribution is 7.99. The van der Waals surface area contributed by atoms with Crippen LogP contribution in [0.5, 0.6) is 0 Å². The molecule has 0 saturated heterocycles. The van der Waals surface area contributed by atoms with E-state index in [1.165, 1.54) is 4.68 Å². The molecule has 5 heteroatoms. The molecule has 0 N–H and O–H groups in total. The molecule has 1 aromatic heterocycles. The van der Waals surface area contributed by atoms with Crippen LogP contribution in [0.1, 0.15) is 25.3 Å². The molecule has 0 unspecified atom stereocenters. The molecule has 0 aliphatic carbocycles. The van der Waals surface area contributed by atoms with Crippen molar-refractivity contribution in [3.05, 3.63) is 11.8 Å². The van der Waals surface area contributed by atoms with Gasteiger partial charge in [-0.05, 0) is 17.7 Å². The molecule has 74 valence electrons. The molecule has 13 heavy (non-hydrogen) atoms. The molecule has 0 aromatic carbocycles. The summed E-state index contributed by atoms with van der Waals surface area (Å²) in [6.07, 6.45) is 1.65. The van der Waals surface area contributed by atoms with Crippen molar-refractivity contribution in [1.29, 1.82) is 0 Å². The van der Waals surface area contributed by atoms with Crippen LogP contribution in [0.2, 0.25) is 0 Å². The van der Waals surface area contributed by atoms with Crippen LogP contribution < -0.4 is 0 Å². The summed E-state index contributed by atoms with van der Waals surface area (Å²) in [7, 11) is 1.68. The molecule has 0 bridgehead atoms. The number of hydrogen-bond donors (Lipinski definition) is 0. The van der Waals surface area contributed by atoms with E-state index in [1.807, 2.05) is 13.8 Å². The van der Waals surface area contributed by atoms with Gasteiger partial charge in [-0.1, -0.05) is 13.8 Å². The molecular weight excluding hydrogens is 194 g/mol. The molecular formula is C8H12F2N2S. The first-order valence-electron chi connectivity index (χ1n) is 3.99. The van der Waals surface area contributed by atoms with E-state index in [1.54, 1.807) is 13.2 Å². The summed E-state index contributed by atoms with van der Waals surface area (Å²) in [6, 6.07) is 0. The summed E-state index contributed by atoms with van der Waals surface area (Å²) in [5.74, 6) is -2.15. The standard InChI is InChI=1S/C8H12F2N2S/c1-5(2)6-4-11-12(3)7(6)13-8(9)10/h4-5,8H,1-3H3. The lowest BCUT2D eigenvalue weighted by molar-refractivity contribution is 0.251. The molecule has 0 aliphatic heterocycles. The van der Waals surface area contributed by atoms with Crippen LogP contribution in [0.15, 0.2) is 11.2 Å². The first-order chi connectivity index (χ1) is 6.02. The highest BCUT2D eigenvalue weighted by Gasteiger charge is 2.16. The van der Waals surface area contributed by atoms with Gasteiger partial charge in [0.1, 0.15) is 5.03 Å².